The van der Waals surface area contributed by atoms with E-state index in [-0.39, 0.29) is 21.1 Å². The molecule has 5 aromatic heterocycles. The van der Waals surface area contributed by atoms with Crippen LogP contribution in [0.1, 0.15) is 76.0 Å². The van der Waals surface area contributed by atoms with Gasteiger partial charge in [0.05, 0.1) is 11.2 Å². The van der Waals surface area contributed by atoms with Crippen LogP contribution in [0.2, 0.25) is 0 Å². The van der Waals surface area contributed by atoms with Crippen molar-refractivity contribution in [3.05, 3.63) is 132 Å². The maximum Gasteiger partial charge on any atom is 2.00 e. The normalized spacial score (nSPS) is 12.0. The van der Waals surface area contributed by atoms with Crippen LogP contribution in [0.4, 0.5) is 0 Å². The van der Waals surface area contributed by atoms with Gasteiger partial charge >= 0.3 is 21.1 Å². The van der Waals surface area contributed by atoms with Crippen LogP contribution < -0.4 is 4.74 Å². The van der Waals surface area contributed by atoms with E-state index in [1.807, 2.05) is 36.7 Å². The Morgan fingerprint density at radius 2 is 1.33 bits per heavy atom. The summed E-state index contributed by atoms with van der Waals surface area (Å²) in [6, 6.07) is 38.5. The van der Waals surface area contributed by atoms with E-state index < -0.39 is 0 Å². The number of hydrogen-bond acceptors (Lipinski definition) is 4. The molecule has 0 spiro atoms. The van der Waals surface area contributed by atoms with Crippen molar-refractivity contribution in [3.8, 4) is 23.0 Å². The Bertz CT molecular complexity index is 2740. The molecule has 0 aliphatic rings. The summed E-state index contributed by atoms with van der Waals surface area (Å²) in [4.78, 5) is 14.9. The first kappa shape index (κ1) is 33.9. The zero-order chi connectivity index (χ0) is 35.0. The van der Waals surface area contributed by atoms with E-state index in [9.17, 15) is 0 Å². The zero-order valence-electron chi connectivity index (χ0n) is 30.0. The molecule has 0 saturated carbocycles. The first-order valence-corrected chi connectivity index (χ1v) is 17.7. The van der Waals surface area contributed by atoms with Crippen LogP contribution in [-0.2, 0) is 21.1 Å². The standard InChI is InChI=1S/C44H38N6O.Pt/c1-26(2)29-16-21-41(46-25-29)48-37-14-8-7-11-34(37)35-19-17-30(23-39(35)48)51-31-18-20-36-40(24-31)50-43-38(15-10-22-45-43)49(44(50)47-36)42-32(27(3)4)12-9-13-33(42)28(5)6;/h7-22,25-28H,1-6H3;/q-2;+2. The molecule has 260 valence electrons. The molecular weight excluding hydrogens is 824 g/mol. The molecule has 4 aromatic carbocycles. The molecule has 0 fully saturated rings. The van der Waals surface area contributed by atoms with Crippen LogP contribution in [0.15, 0.2) is 103 Å². The van der Waals surface area contributed by atoms with Crippen molar-refractivity contribution >= 4 is 49.8 Å². The summed E-state index contributed by atoms with van der Waals surface area (Å²) in [5.41, 5.74) is 10.4. The Balaban J connectivity index is 0.00000387. The van der Waals surface area contributed by atoms with E-state index in [1.54, 1.807) is 0 Å². The van der Waals surface area contributed by atoms with Crippen molar-refractivity contribution in [2.45, 2.75) is 59.3 Å². The van der Waals surface area contributed by atoms with E-state index in [1.165, 1.54) is 22.4 Å². The van der Waals surface area contributed by atoms with Crippen molar-refractivity contribution in [3.63, 3.8) is 0 Å². The summed E-state index contributed by atoms with van der Waals surface area (Å²) in [6.07, 6.45) is 3.80. The number of imidazole rings is 2. The molecule has 9 aromatic rings. The van der Waals surface area contributed by atoms with Gasteiger partial charge in [0.25, 0.3) is 0 Å². The summed E-state index contributed by atoms with van der Waals surface area (Å²) in [5.74, 6) is 3.87. The van der Waals surface area contributed by atoms with Gasteiger partial charge in [-0.15, -0.1) is 35.7 Å². The predicted molar refractivity (Wildman–Crippen MR) is 206 cm³/mol. The molecular formula is C44H38N6OPt. The van der Waals surface area contributed by atoms with Gasteiger partial charge in [0.15, 0.2) is 5.65 Å². The van der Waals surface area contributed by atoms with Gasteiger partial charge in [-0.25, -0.2) is 9.97 Å². The van der Waals surface area contributed by atoms with Crippen LogP contribution in [0.25, 0.3) is 61.3 Å². The van der Waals surface area contributed by atoms with Gasteiger partial charge in [-0.1, -0.05) is 89.5 Å². The SMILES string of the molecule is CC(C)c1ccc(-n2c3[c-]c(Oc4[c-]c5c(cc4)nc4n(-c6c(C(C)C)cccc6C(C)C)c6cccnc6n54)ccc3c3ccccc32)nc1.[Pt+2]. The molecule has 0 aliphatic carbocycles. The van der Waals surface area contributed by atoms with Gasteiger partial charge in [0.2, 0.25) is 5.78 Å². The van der Waals surface area contributed by atoms with Crippen LogP contribution in [0.5, 0.6) is 11.5 Å². The molecule has 0 N–H and O–H groups in total. The van der Waals surface area contributed by atoms with E-state index in [4.69, 9.17) is 19.7 Å². The second-order valence-corrected chi connectivity index (χ2v) is 14.2. The molecule has 0 amide bonds. The molecule has 0 unspecified atom stereocenters. The van der Waals surface area contributed by atoms with E-state index in [0.717, 1.165) is 55.6 Å². The minimum Gasteiger partial charge on any atom is -0.509 e. The van der Waals surface area contributed by atoms with Gasteiger partial charge < -0.3 is 9.30 Å². The number of hydrogen-bond donors (Lipinski definition) is 0. The largest absolute Gasteiger partial charge is 2.00 e. The molecule has 0 aliphatic heterocycles. The third-order valence-corrected chi connectivity index (χ3v) is 9.95. The number of benzene rings is 4. The van der Waals surface area contributed by atoms with Crippen LogP contribution >= 0.6 is 0 Å². The number of aromatic nitrogens is 6. The third kappa shape index (κ3) is 5.33. The van der Waals surface area contributed by atoms with Crippen LogP contribution in [-0.4, -0.2) is 28.5 Å². The molecule has 0 radical (unpaired) electrons. The minimum atomic E-state index is 0. The van der Waals surface area contributed by atoms with Gasteiger partial charge in [0.1, 0.15) is 5.82 Å². The topological polar surface area (TPSA) is 62.2 Å². The Kier molecular flexibility index (Phi) is 8.50. The third-order valence-electron chi connectivity index (χ3n) is 9.95. The summed E-state index contributed by atoms with van der Waals surface area (Å²) in [7, 11) is 0. The molecule has 8 heteroatoms. The number of ether oxygens (including phenoxy) is 1. The van der Waals surface area contributed by atoms with Crippen LogP contribution in [0, 0.1) is 12.1 Å². The quantitative estimate of drug-likeness (QED) is 0.150. The Hall–Kier alpha value is -5.26. The van der Waals surface area contributed by atoms with Gasteiger partial charge in [-0.2, -0.15) is 6.07 Å². The van der Waals surface area contributed by atoms with Crippen molar-refractivity contribution in [2.75, 3.05) is 0 Å². The molecule has 5 heterocycles. The summed E-state index contributed by atoms with van der Waals surface area (Å²) < 4.78 is 13.1. The fraction of sp³-hybridized carbons (Fsp3) is 0.205. The number of rotatable bonds is 7. The molecule has 0 bridgehead atoms. The molecule has 52 heavy (non-hydrogen) atoms. The van der Waals surface area contributed by atoms with E-state index >= 15 is 0 Å². The first-order valence-electron chi connectivity index (χ1n) is 17.7. The maximum atomic E-state index is 6.54. The fourth-order valence-electron chi connectivity index (χ4n) is 7.38. The summed E-state index contributed by atoms with van der Waals surface area (Å²) >= 11 is 0. The van der Waals surface area contributed by atoms with Gasteiger partial charge in [-0.05, 0) is 75.1 Å². The predicted octanol–water partition coefficient (Wildman–Crippen LogP) is 11.1. The average molecular weight is 862 g/mol. The number of pyridine rings is 2. The Morgan fingerprint density at radius 1 is 0.615 bits per heavy atom. The van der Waals surface area contributed by atoms with E-state index in [0.29, 0.717) is 29.3 Å². The minimum absolute atomic E-state index is 0. The van der Waals surface area contributed by atoms with Crippen molar-refractivity contribution in [1.29, 1.82) is 0 Å². The fourth-order valence-corrected chi connectivity index (χ4v) is 7.38. The maximum absolute atomic E-state index is 6.54. The van der Waals surface area contributed by atoms with Crippen LogP contribution in [0.3, 0.4) is 0 Å². The first-order chi connectivity index (χ1) is 24.8. The summed E-state index contributed by atoms with van der Waals surface area (Å²) in [5, 5.41) is 2.23. The van der Waals surface area contributed by atoms with Crippen molar-refractivity contribution < 1.29 is 25.8 Å². The average Bonchev–Trinajstić information content (AvgIpc) is 3.77. The van der Waals surface area contributed by atoms with Gasteiger partial charge in [0, 0.05) is 29.4 Å². The molecule has 0 saturated heterocycles. The Labute approximate surface area is 317 Å². The smallest absolute Gasteiger partial charge is 0.509 e. The van der Waals surface area contributed by atoms with Gasteiger partial charge in [-0.3, -0.25) is 14.0 Å². The molecule has 0 atom stereocenters. The molecule has 7 nitrogen and oxygen atoms in total. The van der Waals surface area contributed by atoms with Crippen molar-refractivity contribution in [2.24, 2.45) is 0 Å². The van der Waals surface area contributed by atoms with Crippen molar-refractivity contribution in [1.82, 2.24) is 28.5 Å². The summed E-state index contributed by atoms with van der Waals surface area (Å²) in [6.45, 7) is 13.3. The number of nitrogens with zero attached hydrogens (tertiary/aromatic N) is 6. The number of fused-ring (bicyclic) bond motifs is 8. The zero-order valence-corrected chi connectivity index (χ0v) is 32.2. The second kappa shape index (κ2) is 13.1. The number of para-hydroxylation sites is 2. The monoisotopic (exact) mass is 861 g/mol. The second-order valence-electron chi connectivity index (χ2n) is 14.2. The Morgan fingerprint density at radius 3 is 2.04 bits per heavy atom. The van der Waals surface area contributed by atoms with E-state index in [2.05, 4.69) is 134 Å². The molecule has 9 rings (SSSR count).